The second-order valence-corrected chi connectivity index (χ2v) is 89.8. The van der Waals surface area contributed by atoms with Gasteiger partial charge in [0.05, 0.1) is 0 Å². The van der Waals surface area contributed by atoms with Gasteiger partial charge in [0.15, 0.2) is 66.5 Å². The molecule has 0 aromatic heterocycles. The van der Waals surface area contributed by atoms with Gasteiger partial charge < -0.3 is 54.1 Å². The lowest BCUT2D eigenvalue weighted by Gasteiger charge is -2.43. The summed E-state index contributed by atoms with van der Waals surface area (Å²) in [6.07, 6.45) is 1.66. The first-order valence-electron chi connectivity index (χ1n) is 27.3. The van der Waals surface area contributed by atoms with Crippen molar-refractivity contribution >= 4 is 136 Å². The van der Waals surface area contributed by atoms with Gasteiger partial charge in [0.2, 0.25) is 0 Å². The lowest BCUT2D eigenvalue weighted by Crippen LogP contribution is -2.57. The van der Waals surface area contributed by atoms with Crippen molar-refractivity contribution in [1.82, 2.24) is 0 Å². The molecule has 0 fully saturated rings. The fourth-order valence-corrected chi connectivity index (χ4v) is 81.9. The van der Waals surface area contributed by atoms with Crippen molar-refractivity contribution < 1.29 is 54.1 Å². The molecule has 0 radical (unpaired) electrons. The summed E-state index contributed by atoms with van der Waals surface area (Å²) < 4.78 is 90.9. The van der Waals surface area contributed by atoms with E-state index in [1.807, 2.05) is 11.4 Å². The molecule has 0 bridgehead atoms. The van der Waals surface area contributed by atoms with Crippen LogP contribution in [0.2, 0.25) is 233 Å². The minimum Gasteiger partial charge on any atom is -0.437 e. The summed E-state index contributed by atoms with van der Waals surface area (Å²) >= 11 is 0. The Morgan fingerprint density at radius 3 is 0.836 bits per heavy atom. The highest BCUT2D eigenvalue weighted by Gasteiger charge is 2.49. The number of hydrogen-bond donors (Lipinski definition) is 0. The summed E-state index contributed by atoms with van der Waals surface area (Å²) in [5, 5.41) is 0. The normalized spacial score (nSPS) is 17.3. The van der Waals surface area contributed by atoms with Crippen LogP contribution in [0.25, 0.3) is 0 Å². The van der Waals surface area contributed by atoms with Gasteiger partial charge in [-0.25, -0.2) is 0 Å². The van der Waals surface area contributed by atoms with Gasteiger partial charge >= 0.3 is 69.9 Å². The monoisotopic (exact) mass is 1300 g/mol. The SMILES string of the molecule is C=C[Si](C)(C)O[Si](C)(C)O[Si](C)(C)CC[Si](CCCOCCC[Si](CC[Si](C)(C)O[Si](C)(C)O[Si](C)(C)C=C)(O[SiH](C)O[Si](C)(C)O[Si](C)(C)C)O[Si](C)(C)C)(O[SiH](C)O[Si](C)(C)O[Si](C)(C)C)O[Si](C)(C)C. The highest BCUT2D eigenvalue weighted by Crippen LogP contribution is 2.36. The maximum absolute atomic E-state index is 7.39. The molecule has 0 aliphatic carbocycles. The van der Waals surface area contributed by atoms with Gasteiger partial charge in [-0.3, -0.25) is 0 Å². The molecule has 0 N–H and O–H groups in total. The molecule has 0 aromatic carbocycles. The molecule has 0 saturated carbocycles. The highest BCUT2D eigenvalue weighted by molar-refractivity contribution is 6.93. The van der Waals surface area contributed by atoms with Crippen molar-refractivity contribution in [1.29, 1.82) is 0 Å². The molecule has 436 valence electrons. The zero-order valence-electron chi connectivity index (χ0n) is 53.1. The van der Waals surface area contributed by atoms with E-state index in [9.17, 15) is 0 Å². The summed E-state index contributed by atoms with van der Waals surface area (Å²) in [6, 6.07) is 5.16. The number of rotatable bonds is 40. The molecule has 13 nitrogen and oxygen atoms in total. The van der Waals surface area contributed by atoms with Gasteiger partial charge in [-0.2, -0.15) is 0 Å². The second kappa shape index (κ2) is 29.1. The van der Waals surface area contributed by atoms with E-state index >= 15 is 0 Å². The van der Waals surface area contributed by atoms with Crippen molar-refractivity contribution in [2.24, 2.45) is 0 Å². The first-order chi connectivity index (χ1) is 32.1. The predicted molar refractivity (Wildman–Crippen MR) is 353 cm³/mol. The first kappa shape index (κ1) is 75.4. The summed E-state index contributed by atoms with van der Waals surface area (Å²) in [5.41, 5.74) is 4.01. The molecule has 0 amide bonds. The zero-order valence-corrected chi connectivity index (χ0v) is 69.4. The molecule has 29 heteroatoms. The average molecular weight is 1300 g/mol. The Kier molecular flexibility index (Phi) is 30.1. The van der Waals surface area contributed by atoms with E-state index in [1.54, 1.807) is 0 Å². The van der Waals surface area contributed by atoms with Gasteiger partial charge in [0, 0.05) is 13.2 Å². The molecule has 0 aromatic rings. The minimum atomic E-state index is -2.87. The summed E-state index contributed by atoms with van der Waals surface area (Å²) in [6.45, 7) is 76.3. The van der Waals surface area contributed by atoms with Gasteiger partial charge in [0.1, 0.15) is 0 Å². The highest BCUT2D eigenvalue weighted by atomic mass is 28.5. The van der Waals surface area contributed by atoms with Crippen molar-refractivity contribution in [3.8, 4) is 0 Å². The largest absolute Gasteiger partial charge is 0.437 e. The Balaban J connectivity index is 6.84. The van der Waals surface area contributed by atoms with Crippen LogP contribution in [0.3, 0.4) is 0 Å². The molecule has 4 unspecified atom stereocenters. The van der Waals surface area contributed by atoms with Crippen molar-refractivity contribution in [3.05, 3.63) is 24.6 Å². The third kappa shape index (κ3) is 37.2. The van der Waals surface area contributed by atoms with Gasteiger partial charge in [0.25, 0.3) is 0 Å². The smallest absolute Gasteiger partial charge is 0.318 e. The first-order valence-corrected chi connectivity index (χ1v) is 73.0. The fraction of sp³-hybridized carbons (Fsp3) is 0.909. The van der Waals surface area contributed by atoms with Crippen LogP contribution in [0.1, 0.15) is 12.8 Å². The molecule has 0 rings (SSSR count). The summed E-state index contributed by atoms with van der Waals surface area (Å²) in [4.78, 5) is 0. The maximum Gasteiger partial charge on any atom is 0.318 e. The molecule has 0 saturated heterocycles. The molecular formula is C44H118O13Si16. The molecule has 0 aliphatic rings. The van der Waals surface area contributed by atoms with Crippen LogP contribution in [0, 0.1) is 0 Å². The van der Waals surface area contributed by atoms with Crippen LogP contribution in [0.5, 0.6) is 0 Å². The minimum absolute atomic E-state index is 0.611. The van der Waals surface area contributed by atoms with Crippen molar-refractivity contribution in [2.75, 3.05) is 13.2 Å². The average Bonchev–Trinajstić information content (AvgIpc) is 3.07. The molecule has 4 atom stereocenters. The third-order valence-electron chi connectivity index (χ3n) is 10.7. The number of hydrogen-bond acceptors (Lipinski definition) is 13. The Labute approximate surface area is 470 Å². The van der Waals surface area contributed by atoms with E-state index in [-0.39, 0.29) is 0 Å². The zero-order chi connectivity index (χ0) is 57.8. The molecular weight excluding hydrogens is 1190 g/mol. The van der Waals surface area contributed by atoms with Crippen LogP contribution >= 0.6 is 0 Å². The van der Waals surface area contributed by atoms with E-state index in [0.717, 1.165) is 49.1 Å². The summed E-state index contributed by atoms with van der Waals surface area (Å²) in [7, 11) is -36.3. The van der Waals surface area contributed by atoms with Gasteiger partial charge in [-0.05, 0) is 246 Å². The van der Waals surface area contributed by atoms with Crippen LogP contribution in [-0.2, 0) is 54.1 Å². The maximum atomic E-state index is 7.39. The van der Waals surface area contributed by atoms with Gasteiger partial charge in [-0.1, -0.05) is 11.4 Å². The van der Waals surface area contributed by atoms with E-state index < -0.39 is 136 Å². The Morgan fingerprint density at radius 1 is 0.315 bits per heavy atom. The molecule has 0 spiro atoms. The Morgan fingerprint density at radius 2 is 0.589 bits per heavy atom. The van der Waals surface area contributed by atoms with E-state index in [2.05, 4.69) is 210 Å². The second-order valence-electron chi connectivity index (χ2n) is 28.2. The Bertz CT molecular complexity index is 1550. The number of ether oxygens (including phenoxy) is 1. The summed E-state index contributed by atoms with van der Waals surface area (Å²) in [5.74, 6) is 0. The van der Waals surface area contributed by atoms with Crippen LogP contribution in [-0.4, -0.2) is 150 Å². The molecule has 0 heterocycles. The van der Waals surface area contributed by atoms with E-state index in [1.165, 1.54) is 0 Å². The predicted octanol–water partition coefficient (Wildman–Crippen LogP) is 15.0. The van der Waals surface area contributed by atoms with Crippen LogP contribution < -0.4 is 0 Å². The van der Waals surface area contributed by atoms with E-state index in [4.69, 9.17) is 54.1 Å². The topological polar surface area (TPSA) is 120 Å². The fourth-order valence-electron chi connectivity index (χ4n) is 9.63. The van der Waals surface area contributed by atoms with Crippen LogP contribution in [0.15, 0.2) is 24.6 Å². The van der Waals surface area contributed by atoms with E-state index in [0.29, 0.717) is 13.2 Å². The van der Waals surface area contributed by atoms with Crippen LogP contribution in [0.4, 0.5) is 0 Å². The third-order valence-corrected chi connectivity index (χ3v) is 67.3. The quantitative estimate of drug-likeness (QED) is 0.0428. The molecule has 0 aliphatic heterocycles. The Hall–Kier alpha value is 2.43. The van der Waals surface area contributed by atoms with Gasteiger partial charge in [-0.15, -0.1) is 13.2 Å². The molecule has 73 heavy (non-hydrogen) atoms. The standard InChI is InChI=1S/C44H118O13Si16/c1-33-64(17,18)54-70(29,30)56-66(21,22)41-43-72(52-62(11,12)13,48-58(3)46-68(25,26)50-60(5,6)7)39-35-37-45-38-36-40-73(53-63(14,15)16,49-59(4)47-69(27,28)51-61(8,9)10)44-42-67(23,24)57-71(31,32)55-65(19,20)34-2/h33-34,58-59H,1-2,35-44H2,3-32H3. The van der Waals surface area contributed by atoms with Crippen molar-refractivity contribution in [3.63, 3.8) is 0 Å². The lowest BCUT2D eigenvalue weighted by molar-refractivity contribution is 0.132. The van der Waals surface area contributed by atoms with Crippen molar-refractivity contribution in [2.45, 2.75) is 246 Å². The lowest BCUT2D eigenvalue weighted by atomic mass is 10.5.